The normalized spacial score (nSPS) is 17.2. The second-order valence-corrected chi connectivity index (χ2v) is 8.32. The van der Waals surface area contributed by atoms with Crippen LogP contribution in [0, 0.1) is 0 Å². The van der Waals surface area contributed by atoms with Crippen molar-refractivity contribution in [1.29, 1.82) is 0 Å². The van der Waals surface area contributed by atoms with E-state index in [1.54, 1.807) is 17.3 Å². The highest BCUT2D eigenvalue weighted by molar-refractivity contribution is 5.80. The number of ether oxygens (including phenoxy) is 1. The lowest BCUT2D eigenvalue weighted by Gasteiger charge is -2.32. The zero-order valence-electron chi connectivity index (χ0n) is 19.2. The minimum Gasteiger partial charge on any atom is -0.395 e. The first-order chi connectivity index (χ1) is 17.2. The predicted molar refractivity (Wildman–Crippen MR) is 134 cm³/mol. The third-order valence-corrected chi connectivity index (χ3v) is 6.15. The number of anilines is 4. The quantitative estimate of drug-likeness (QED) is 0.439. The third-order valence-electron chi connectivity index (χ3n) is 6.15. The second-order valence-electron chi connectivity index (χ2n) is 8.32. The molecule has 2 aliphatic rings. The summed E-state index contributed by atoms with van der Waals surface area (Å²) < 4.78 is 5.45. The van der Waals surface area contributed by atoms with Gasteiger partial charge in [0.1, 0.15) is 18.1 Å². The Bertz CT molecular complexity index is 1210. The molecule has 0 radical (unpaired) electrons. The Morgan fingerprint density at radius 3 is 2.60 bits per heavy atom. The van der Waals surface area contributed by atoms with E-state index in [1.165, 1.54) is 0 Å². The molecular formula is C25H27N7O3. The lowest BCUT2D eigenvalue weighted by molar-refractivity contribution is -0.111. The number of hydrogen-bond acceptors (Lipinski definition) is 10. The molecule has 0 bridgehead atoms. The summed E-state index contributed by atoms with van der Waals surface area (Å²) in [6.07, 6.45) is 7.86. The van der Waals surface area contributed by atoms with Gasteiger partial charge >= 0.3 is 0 Å². The molecule has 5 rings (SSSR count). The van der Waals surface area contributed by atoms with Crippen molar-refractivity contribution in [2.45, 2.75) is 6.04 Å². The van der Waals surface area contributed by atoms with Gasteiger partial charge in [0.15, 0.2) is 0 Å². The van der Waals surface area contributed by atoms with E-state index in [0.717, 1.165) is 55.1 Å². The van der Waals surface area contributed by atoms with E-state index in [0.29, 0.717) is 23.6 Å². The smallest absolute Gasteiger partial charge is 0.219 e. The van der Waals surface area contributed by atoms with Crippen LogP contribution in [-0.4, -0.2) is 70.7 Å². The fourth-order valence-electron chi connectivity index (χ4n) is 4.36. The largest absolute Gasteiger partial charge is 0.395 e. The molecule has 35 heavy (non-hydrogen) atoms. The van der Waals surface area contributed by atoms with Crippen LogP contribution < -0.4 is 16.0 Å². The Morgan fingerprint density at radius 2 is 1.91 bits per heavy atom. The summed E-state index contributed by atoms with van der Waals surface area (Å²) in [7, 11) is 0. The summed E-state index contributed by atoms with van der Waals surface area (Å²) in [6.45, 7) is 3.44. The SMILES string of the molecule is Nc1ncc(-c2cc3c(c(Nc4ccc(N5CCOCC5)cc4)n2)C(C=O)N(CCO)C=C3)cn1. The summed E-state index contributed by atoms with van der Waals surface area (Å²) in [5.74, 6) is 0.740. The number of morpholine rings is 1. The number of aliphatic hydroxyl groups is 1. The molecule has 0 spiro atoms. The number of nitrogen functional groups attached to an aromatic ring is 1. The topological polar surface area (TPSA) is 130 Å². The highest BCUT2D eigenvalue weighted by Crippen LogP contribution is 2.37. The molecule has 1 fully saturated rings. The second kappa shape index (κ2) is 10.1. The zero-order valence-corrected chi connectivity index (χ0v) is 19.2. The zero-order chi connectivity index (χ0) is 24.2. The van der Waals surface area contributed by atoms with Crippen molar-refractivity contribution >= 4 is 35.5 Å². The van der Waals surface area contributed by atoms with Crippen LogP contribution in [0.2, 0.25) is 0 Å². The monoisotopic (exact) mass is 473 g/mol. The average Bonchev–Trinajstić information content (AvgIpc) is 2.90. The number of aromatic nitrogens is 3. The number of aliphatic hydroxyl groups excluding tert-OH is 1. The number of rotatable bonds is 7. The van der Waals surface area contributed by atoms with Gasteiger partial charge in [0.2, 0.25) is 5.95 Å². The number of nitrogens with two attached hydrogens (primary N) is 1. The third kappa shape index (κ3) is 4.79. The van der Waals surface area contributed by atoms with Gasteiger partial charge in [-0.2, -0.15) is 0 Å². The van der Waals surface area contributed by atoms with Crippen molar-refractivity contribution in [3.63, 3.8) is 0 Å². The molecule has 10 nitrogen and oxygen atoms in total. The minimum atomic E-state index is -0.582. The molecule has 2 aromatic heterocycles. The van der Waals surface area contributed by atoms with Gasteiger partial charge in [-0.25, -0.2) is 15.0 Å². The van der Waals surface area contributed by atoms with Gasteiger partial charge in [0.05, 0.1) is 25.5 Å². The molecule has 1 atom stereocenters. The molecule has 0 amide bonds. The van der Waals surface area contributed by atoms with Gasteiger partial charge in [-0.1, -0.05) is 0 Å². The summed E-state index contributed by atoms with van der Waals surface area (Å²) in [5, 5.41) is 12.9. The van der Waals surface area contributed by atoms with Crippen molar-refractivity contribution in [2.75, 3.05) is 55.4 Å². The molecule has 4 N–H and O–H groups in total. The van der Waals surface area contributed by atoms with Crippen LogP contribution in [0.15, 0.2) is 48.9 Å². The number of nitrogens with zero attached hydrogens (tertiary/aromatic N) is 5. The molecule has 0 aliphatic carbocycles. The Balaban J connectivity index is 1.52. The van der Waals surface area contributed by atoms with Crippen molar-refractivity contribution < 1.29 is 14.6 Å². The minimum absolute atomic E-state index is 0.0654. The average molecular weight is 474 g/mol. The fraction of sp³-hybridized carbons (Fsp3) is 0.280. The van der Waals surface area contributed by atoms with Gasteiger partial charge in [0.25, 0.3) is 0 Å². The van der Waals surface area contributed by atoms with Gasteiger partial charge in [0, 0.05) is 60.7 Å². The van der Waals surface area contributed by atoms with Gasteiger partial charge in [-0.15, -0.1) is 0 Å². The van der Waals surface area contributed by atoms with E-state index in [4.69, 9.17) is 15.5 Å². The molecule has 0 saturated carbocycles. The lowest BCUT2D eigenvalue weighted by atomic mass is 9.96. The molecule has 2 aliphatic heterocycles. The highest BCUT2D eigenvalue weighted by atomic mass is 16.5. The molecule has 10 heteroatoms. The Hall–Kier alpha value is -4.02. The lowest BCUT2D eigenvalue weighted by Crippen LogP contribution is -2.36. The highest BCUT2D eigenvalue weighted by Gasteiger charge is 2.28. The molecule has 4 heterocycles. The van der Waals surface area contributed by atoms with Crippen molar-refractivity contribution in [3.05, 3.63) is 60.1 Å². The molecule has 3 aromatic rings. The molecule has 1 unspecified atom stereocenters. The molecular weight excluding hydrogens is 446 g/mol. The van der Waals surface area contributed by atoms with Crippen LogP contribution in [0.4, 0.5) is 23.1 Å². The first-order valence-corrected chi connectivity index (χ1v) is 11.5. The van der Waals surface area contributed by atoms with E-state index in [9.17, 15) is 9.90 Å². The summed E-state index contributed by atoms with van der Waals surface area (Å²) >= 11 is 0. The maximum absolute atomic E-state index is 12.2. The van der Waals surface area contributed by atoms with E-state index in [2.05, 4.69) is 32.3 Å². The number of benzene rings is 1. The Morgan fingerprint density at radius 1 is 1.17 bits per heavy atom. The first kappa shape index (κ1) is 22.8. The Labute approximate surface area is 203 Å². The molecule has 1 saturated heterocycles. The van der Waals surface area contributed by atoms with Crippen LogP contribution in [-0.2, 0) is 9.53 Å². The van der Waals surface area contributed by atoms with Crippen LogP contribution in [0.25, 0.3) is 17.3 Å². The van der Waals surface area contributed by atoms with Crippen molar-refractivity contribution in [2.24, 2.45) is 0 Å². The number of hydrogen-bond donors (Lipinski definition) is 3. The Kier molecular flexibility index (Phi) is 6.55. The number of β-amino-alcohol motifs (C(OH)–C–C–N with tert-alkyl or cyclic N) is 1. The van der Waals surface area contributed by atoms with Crippen molar-refractivity contribution in [1.82, 2.24) is 19.9 Å². The number of fused-ring (bicyclic) bond motifs is 1. The summed E-state index contributed by atoms with van der Waals surface area (Å²) in [5.41, 5.74) is 10.6. The van der Waals surface area contributed by atoms with Gasteiger partial charge < -0.3 is 35.5 Å². The summed E-state index contributed by atoms with van der Waals surface area (Å²) in [4.78, 5) is 29.3. The fourth-order valence-corrected chi connectivity index (χ4v) is 4.36. The van der Waals surface area contributed by atoms with Crippen LogP contribution in [0.3, 0.4) is 0 Å². The van der Waals surface area contributed by atoms with Gasteiger partial charge in [-0.05, 0) is 42.0 Å². The van der Waals surface area contributed by atoms with E-state index >= 15 is 0 Å². The summed E-state index contributed by atoms with van der Waals surface area (Å²) in [6, 6.07) is 9.44. The van der Waals surface area contributed by atoms with E-state index in [-0.39, 0.29) is 12.6 Å². The van der Waals surface area contributed by atoms with Crippen LogP contribution in [0.5, 0.6) is 0 Å². The van der Waals surface area contributed by atoms with E-state index < -0.39 is 6.04 Å². The number of pyridine rings is 1. The standard InChI is InChI=1S/C25H27N7O3/c26-25-27-14-18(15-28-25)21-13-17-5-6-32(7-10-33)22(16-34)23(17)24(30-21)29-19-1-3-20(4-2-19)31-8-11-35-12-9-31/h1-6,13-16,22,33H,7-12H2,(H,29,30)(H2,26,27,28). The predicted octanol–water partition coefficient (Wildman–Crippen LogP) is 2.22. The molecule has 1 aromatic carbocycles. The maximum Gasteiger partial charge on any atom is 0.219 e. The van der Waals surface area contributed by atoms with Gasteiger partial charge in [-0.3, -0.25) is 0 Å². The number of nitrogens with one attached hydrogen (secondary N) is 1. The number of carbonyl (C=O) groups is 1. The van der Waals surface area contributed by atoms with Crippen molar-refractivity contribution in [3.8, 4) is 11.3 Å². The number of carbonyl (C=O) groups excluding carboxylic acids is 1. The van der Waals surface area contributed by atoms with Crippen LogP contribution in [0.1, 0.15) is 17.2 Å². The van der Waals surface area contributed by atoms with Crippen LogP contribution >= 0.6 is 0 Å². The molecule has 180 valence electrons. The first-order valence-electron chi connectivity index (χ1n) is 11.5. The number of aldehydes is 1. The maximum atomic E-state index is 12.2. The van der Waals surface area contributed by atoms with E-state index in [1.807, 2.05) is 30.5 Å².